The van der Waals surface area contributed by atoms with Crippen LogP contribution < -0.4 is 5.32 Å². The van der Waals surface area contributed by atoms with Gasteiger partial charge in [0.25, 0.3) is 0 Å². The summed E-state index contributed by atoms with van der Waals surface area (Å²) < 4.78 is 12.2. The molecule has 2 fully saturated rings. The molecule has 10 nitrogen and oxygen atoms in total. The number of cyclic esters (lactones) is 1. The third kappa shape index (κ3) is 6.23. The Morgan fingerprint density at radius 1 is 1.07 bits per heavy atom. The Balaban J connectivity index is 1.79. The quantitative estimate of drug-likeness (QED) is 0.284. The Kier molecular flexibility index (Phi) is 9.04. The van der Waals surface area contributed by atoms with E-state index >= 15 is 0 Å². The van der Waals surface area contributed by atoms with Gasteiger partial charge < -0.3 is 29.7 Å². The second kappa shape index (κ2) is 11.9. The Hall–Kier alpha value is -2.72. The van der Waals surface area contributed by atoms with Crippen LogP contribution in [0.2, 0.25) is 0 Å². The van der Waals surface area contributed by atoms with Crippen LogP contribution in [0.3, 0.4) is 0 Å². The Labute approximate surface area is 243 Å². The Morgan fingerprint density at radius 2 is 1.80 bits per heavy atom. The minimum atomic E-state index is -1.28. The van der Waals surface area contributed by atoms with Gasteiger partial charge in [-0.05, 0) is 51.9 Å². The molecule has 4 aliphatic heterocycles. The molecule has 0 radical (unpaired) electrons. The second-order valence-corrected chi connectivity index (χ2v) is 13.7. The third-order valence-electron chi connectivity index (χ3n) is 8.54. The first kappa shape index (κ1) is 31.2. The lowest BCUT2D eigenvalue weighted by molar-refractivity contribution is -0.159. The predicted octanol–water partition coefficient (Wildman–Crippen LogP) is 2.35. The van der Waals surface area contributed by atoms with Crippen molar-refractivity contribution in [3.05, 3.63) is 24.3 Å². The summed E-state index contributed by atoms with van der Waals surface area (Å²) in [6.45, 7) is 12.9. The number of ether oxygens (including phenoxy) is 2. The van der Waals surface area contributed by atoms with Crippen LogP contribution in [0, 0.1) is 17.3 Å². The largest absolute Gasteiger partial charge is 0.460 e. The number of carbonyl (C=O) groups excluding carboxylic acids is 4. The zero-order valence-corrected chi connectivity index (χ0v) is 25.4. The number of likely N-dealkylation sites (tertiary alicyclic amines) is 1. The van der Waals surface area contributed by atoms with Crippen LogP contribution in [0.5, 0.6) is 0 Å². The predicted molar refractivity (Wildman–Crippen MR) is 152 cm³/mol. The molecule has 2 saturated heterocycles. The van der Waals surface area contributed by atoms with Gasteiger partial charge in [0.15, 0.2) is 0 Å². The molecule has 0 aliphatic carbocycles. The highest BCUT2D eigenvalue weighted by atomic mass is 16.6. The van der Waals surface area contributed by atoms with Crippen LogP contribution in [-0.2, 0) is 28.7 Å². The van der Waals surface area contributed by atoms with Crippen molar-refractivity contribution in [2.45, 2.75) is 103 Å². The van der Waals surface area contributed by atoms with Crippen molar-refractivity contribution >= 4 is 23.7 Å². The number of allylic oxidation sites excluding steroid dienone is 1. The first-order valence-corrected chi connectivity index (χ1v) is 14.9. The molecular weight excluding hydrogens is 526 g/mol. The number of unbranched alkanes of at least 4 members (excludes halogenated alkanes) is 1. The van der Waals surface area contributed by atoms with E-state index in [4.69, 9.17) is 9.47 Å². The van der Waals surface area contributed by atoms with E-state index in [1.165, 1.54) is 0 Å². The molecule has 0 saturated carbocycles. The number of amides is 3. The molecule has 228 valence electrons. The van der Waals surface area contributed by atoms with Crippen LogP contribution >= 0.6 is 0 Å². The van der Waals surface area contributed by atoms with Crippen LogP contribution in [0.15, 0.2) is 24.3 Å². The summed E-state index contributed by atoms with van der Waals surface area (Å²) in [5.41, 5.74) is -1.95. The highest BCUT2D eigenvalue weighted by Crippen LogP contribution is 2.56. The van der Waals surface area contributed by atoms with Gasteiger partial charge >= 0.3 is 5.97 Å². The summed E-state index contributed by atoms with van der Waals surface area (Å²) in [6, 6.07) is -0.957. The lowest BCUT2D eigenvalue weighted by atomic mass is 9.74. The number of nitrogens with one attached hydrogen (secondary N) is 1. The van der Waals surface area contributed by atoms with Crippen LogP contribution in [0.1, 0.15) is 73.6 Å². The van der Waals surface area contributed by atoms with Crippen molar-refractivity contribution in [2.75, 3.05) is 26.2 Å². The number of rotatable bonds is 6. The van der Waals surface area contributed by atoms with Gasteiger partial charge in [0.2, 0.25) is 17.7 Å². The number of hydrogen-bond acceptors (Lipinski definition) is 7. The monoisotopic (exact) mass is 573 g/mol. The summed E-state index contributed by atoms with van der Waals surface area (Å²) in [5, 5.41) is 12.2. The minimum Gasteiger partial charge on any atom is -0.460 e. The van der Waals surface area contributed by atoms with Crippen molar-refractivity contribution in [3.8, 4) is 0 Å². The summed E-state index contributed by atoms with van der Waals surface area (Å²) in [5.74, 6) is -3.05. The molecule has 4 heterocycles. The molecule has 0 aromatic rings. The number of carbonyl (C=O) groups is 4. The molecule has 1 spiro atoms. The number of aliphatic hydroxyl groups excluding tert-OH is 1. The van der Waals surface area contributed by atoms with Crippen molar-refractivity contribution < 1.29 is 33.8 Å². The summed E-state index contributed by atoms with van der Waals surface area (Å²) in [6.07, 6.45) is 8.60. The zero-order valence-electron chi connectivity index (χ0n) is 25.4. The molecule has 3 amide bonds. The molecule has 5 bridgehead atoms. The average Bonchev–Trinajstić information content (AvgIpc) is 3.50. The van der Waals surface area contributed by atoms with E-state index in [1.807, 2.05) is 30.9 Å². The van der Waals surface area contributed by atoms with Crippen molar-refractivity contribution in [1.29, 1.82) is 0 Å². The maximum absolute atomic E-state index is 14.8. The van der Waals surface area contributed by atoms with Gasteiger partial charge in [-0.25, -0.2) is 0 Å². The number of hydrogen-bond donors (Lipinski definition) is 2. The first-order chi connectivity index (χ1) is 19.2. The van der Waals surface area contributed by atoms with Gasteiger partial charge in [0.1, 0.15) is 23.7 Å². The van der Waals surface area contributed by atoms with Gasteiger partial charge in [-0.2, -0.15) is 0 Å². The van der Waals surface area contributed by atoms with E-state index in [-0.39, 0.29) is 49.3 Å². The molecule has 0 aromatic heterocycles. The number of nitrogens with zero attached hydrogens (tertiary/aromatic N) is 2. The molecule has 0 unspecified atom stereocenters. The maximum Gasteiger partial charge on any atom is 0.313 e. The molecule has 4 rings (SSSR count). The van der Waals surface area contributed by atoms with Gasteiger partial charge in [-0.3, -0.25) is 19.2 Å². The second-order valence-electron chi connectivity index (χ2n) is 13.7. The smallest absolute Gasteiger partial charge is 0.313 e. The number of esters is 1. The lowest BCUT2D eigenvalue weighted by Crippen LogP contribution is -2.60. The number of aliphatic hydroxyl groups is 1. The average molecular weight is 574 g/mol. The molecular formula is C31H47N3O7. The highest BCUT2D eigenvalue weighted by Gasteiger charge is 2.73. The summed E-state index contributed by atoms with van der Waals surface area (Å²) >= 11 is 0. The van der Waals surface area contributed by atoms with Crippen molar-refractivity contribution in [1.82, 2.24) is 15.1 Å². The van der Waals surface area contributed by atoms with Gasteiger partial charge in [-0.1, -0.05) is 45.1 Å². The van der Waals surface area contributed by atoms with E-state index in [0.29, 0.717) is 32.2 Å². The number of fused-ring (bicyclic) bond motifs is 2. The molecule has 6 atom stereocenters. The van der Waals surface area contributed by atoms with E-state index in [9.17, 15) is 24.3 Å². The molecule has 2 N–H and O–H groups in total. The Morgan fingerprint density at radius 3 is 2.49 bits per heavy atom. The van der Waals surface area contributed by atoms with E-state index in [2.05, 4.69) is 26.1 Å². The third-order valence-corrected chi connectivity index (χ3v) is 8.54. The fraction of sp³-hybridized carbons (Fsp3) is 0.742. The summed E-state index contributed by atoms with van der Waals surface area (Å²) in [4.78, 5) is 58.2. The minimum absolute atomic E-state index is 0.0212. The van der Waals surface area contributed by atoms with Crippen molar-refractivity contribution in [2.24, 2.45) is 17.3 Å². The molecule has 0 aromatic carbocycles. The highest BCUT2D eigenvalue weighted by molar-refractivity contribution is 5.99. The maximum atomic E-state index is 14.8. The van der Waals surface area contributed by atoms with Gasteiger partial charge in [0.05, 0.1) is 18.6 Å². The molecule has 41 heavy (non-hydrogen) atoms. The van der Waals surface area contributed by atoms with Crippen LogP contribution in [0.4, 0.5) is 0 Å². The zero-order chi connectivity index (χ0) is 30.2. The normalized spacial score (nSPS) is 33.7. The van der Waals surface area contributed by atoms with E-state index in [1.54, 1.807) is 24.0 Å². The van der Waals surface area contributed by atoms with Crippen molar-refractivity contribution in [3.63, 3.8) is 0 Å². The standard InChI is InChI=1S/C31H47N3O7/c1-20-18-32-22(36)12-8-7-9-16-34(30(5,6)19-29(2,3)4)27(38)25-31-14-13-21(41-31)23(28(39)40-20)24(31)26(37)33(25)15-10-11-17-35/h7,9,13-14,20-21,23-25,35H,8,10-12,15-19H2,1-6H3,(H,32,36)/b9-7-/t20-,21+,23-,24-,25+,31-/m0/s1. The van der Waals surface area contributed by atoms with Gasteiger partial charge in [-0.15, -0.1) is 0 Å². The Bertz CT molecular complexity index is 1090. The van der Waals surface area contributed by atoms with E-state index < -0.39 is 47.2 Å². The van der Waals surface area contributed by atoms with Crippen LogP contribution in [0.25, 0.3) is 0 Å². The SMILES string of the molecule is C[C@H]1CNC(=O)CC/C=C\CN(C(C)(C)CC(C)(C)C)C(=O)[C@H]2N(CCCCO)C(=O)[C@@H]3[C@@H](C(=O)O1)[C@H]1C=C[C@]32O1. The first-order valence-electron chi connectivity index (χ1n) is 14.9. The molecule has 10 heteroatoms. The van der Waals surface area contributed by atoms with Gasteiger partial charge in [0, 0.05) is 31.7 Å². The fourth-order valence-corrected chi connectivity index (χ4v) is 7.20. The topological polar surface area (TPSA) is 125 Å². The summed E-state index contributed by atoms with van der Waals surface area (Å²) in [7, 11) is 0. The van der Waals surface area contributed by atoms with Crippen LogP contribution in [-0.4, -0.2) is 94.2 Å². The molecule has 4 aliphatic rings. The fourth-order valence-electron chi connectivity index (χ4n) is 7.20. The van der Waals surface area contributed by atoms with E-state index in [0.717, 1.165) is 0 Å². The lowest BCUT2D eigenvalue weighted by Gasteiger charge is -2.45.